The number of carboxylic acids is 1. The van der Waals surface area contributed by atoms with Crippen molar-refractivity contribution in [2.24, 2.45) is 0 Å². The highest BCUT2D eigenvalue weighted by molar-refractivity contribution is 7.91. The van der Waals surface area contributed by atoms with Crippen molar-refractivity contribution < 1.29 is 23.1 Å². The Labute approximate surface area is 211 Å². The summed E-state index contributed by atoms with van der Waals surface area (Å²) in [6, 6.07) is 20.7. The van der Waals surface area contributed by atoms with Crippen LogP contribution in [0.2, 0.25) is 5.02 Å². The first-order chi connectivity index (χ1) is 16.8. The molecule has 2 atom stereocenters. The molecule has 0 saturated heterocycles. The zero-order valence-electron chi connectivity index (χ0n) is 18.1. The zero-order valence-corrected chi connectivity index (χ0v) is 20.5. The average Bonchev–Trinajstić information content (AvgIpc) is 3.32. The number of hydrogen-bond acceptors (Lipinski definition) is 6. The number of pyridine rings is 1. The summed E-state index contributed by atoms with van der Waals surface area (Å²) in [6.07, 6.45) is 3.27. The molecular weight excluding hydrogens is 508 g/mol. The van der Waals surface area contributed by atoms with Gasteiger partial charge in [-0.15, -0.1) is 11.3 Å². The summed E-state index contributed by atoms with van der Waals surface area (Å²) in [6.45, 7) is 0. The van der Waals surface area contributed by atoms with Crippen molar-refractivity contribution in [1.29, 1.82) is 0 Å². The van der Waals surface area contributed by atoms with Crippen molar-refractivity contribution in [1.82, 2.24) is 9.71 Å². The van der Waals surface area contributed by atoms with E-state index in [9.17, 15) is 18.3 Å². The van der Waals surface area contributed by atoms with Crippen LogP contribution in [0.15, 0.2) is 89.4 Å². The summed E-state index contributed by atoms with van der Waals surface area (Å²) in [5.74, 6) is -0.889. The summed E-state index contributed by atoms with van der Waals surface area (Å²) in [5, 5.41) is 10.6. The van der Waals surface area contributed by atoms with Crippen LogP contribution in [-0.4, -0.2) is 30.0 Å². The number of benzene rings is 2. The smallest absolute Gasteiger partial charge is 0.325 e. The lowest BCUT2D eigenvalue weighted by Gasteiger charge is -2.16. The standard InChI is InChI=1S/C25H19ClN2O5S2/c26-17-9-7-16(8-10-17)22-11-12-23(34-22)35(31,32)28-25(24(29)30)14-20(25)19-5-1-2-6-21(19)33-18-4-3-13-27-15-18/h1-13,15,20,28H,14H2,(H,29,30). The highest BCUT2D eigenvalue weighted by Gasteiger charge is 2.64. The Hall–Kier alpha value is -3.24. The Morgan fingerprint density at radius 3 is 2.57 bits per heavy atom. The molecule has 0 spiro atoms. The van der Waals surface area contributed by atoms with Gasteiger partial charge in [0.15, 0.2) is 0 Å². The van der Waals surface area contributed by atoms with E-state index >= 15 is 0 Å². The second kappa shape index (κ2) is 9.09. The van der Waals surface area contributed by atoms with Crippen LogP contribution in [0.5, 0.6) is 11.5 Å². The predicted octanol–water partition coefficient (Wildman–Crippen LogP) is 5.55. The van der Waals surface area contributed by atoms with Gasteiger partial charge in [0.2, 0.25) is 0 Å². The largest absolute Gasteiger partial charge is 0.480 e. The van der Waals surface area contributed by atoms with Crippen LogP contribution in [0.4, 0.5) is 0 Å². The number of rotatable bonds is 8. The van der Waals surface area contributed by atoms with Gasteiger partial charge >= 0.3 is 5.97 Å². The fourth-order valence-corrected chi connectivity index (χ4v) is 6.79. The van der Waals surface area contributed by atoms with Crippen LogP contribution in [0, 0.1) is 0 Å². The van der Waals surface area contributed by atoms with E-state index in [1.807, 2.05) is 0 Å². The van der Waals surface area contributed by atoms with Crippen LogP contribution in [-0.2, 0) is 14.8 Å². The van der Waals surface area contributed by atoms with Crippen LogP contribution in [0.3, 0.4) is 0 Å². The maximum Gasteiger partial charge on any atom is 0.325 e. The van der Waals surface area contributed by atoms with Crippen molar-refractivity contribution in [2.75, 3.05) is 0 Å². The molecule has 2 aromatic carbocycles. The topological polar surface area (TPSA) is 106 Å². The first-order valence-electron chi connectivity index (χ1n) is 10.6. The molecule has 2 aromatic heterocycles. The minimum absolute atomic E-state index is 0.0358. The molecule has 5 rings (SSSR count). The summed E-state index contributed by atoms with van der Waals surface area (Å²) < 4.78 is 34.9. The molecule has 4 aromatic rings. The van der Waals surface area contributed by atoms with Gasteiger partial charge in [-0.25, -0.2) is 8.42 Å². The van der Waals surface area contributed by atoms with Gasteiger partial charge in [-0.1, -0.05) is 41.9 Å². The van der Waals surface area contributed by atoms with Gasteiger partial charge in [-0.2, -0.15) is 4.72 Å². The number of carboxylic acid groups (broad SMARTS) is 1. The van der Waals surface area contributed by atoms with E-state index in [1.165, 1.54) is 6.07 Å². The number of aliphatic carboxylic acids is 1. The number of thiophene rings is 1. The fraction of sp³-hybridized carbons (Fsp3) is 0.120. The molecule has 178 valence electrons. The Kier molecular flexibility index (Phi) is 6.10. The van der Waals surface area contributed by atoms with E-state index in [2.05, 4.69) is 9.71 Å². The number of hydrogen-bond donors (Lipinski definition) is 2. The SMILES string of the molecule is O=C(O)C1(NS(=O)(=O)c2ccc(-c3ccc(Cl)cc3)s2)CC1c1ccccc1Oc1cccnc1. The van der Waals surface area contributed by atoms with Gasteiger partial charge in [0.25, 0.3) is 10.0 Å². The second-order valence-corrected chi connectivity index (χ2v) is 11.5. The monoisotopic (exact) mass is 526 g/mol. The van der Waals surface area contributed by atoms with Crippen molar-refractivity contribution >= 4 is 38.9 Å². The molecule has 1 saturated carbocycles. The molecule has 0 radical (unpaired) electrons. The van der Waals surface area contributed by atoms with Gasteiger partial charge < -0.3 is 9.84 Å². The first kappa shape index (κ1) is 23.5. The van der Waals surface area contributed by atoms with Gasteiger partial charge in [-0.05, 0) is 54.4 Å². The zero-order chi connectivity index (χ0) is 24.6. The second-order valence-electron chi connectivity index (χ2n) is 8.09. The lowest BCUT2D eigenvalue weighted by atomic mass is 10.1. The molecule has 1 aliphatic rings. The molecule has 35 heavy (non-hydrogen) atoms. The number of aromatic nitrogens is 1. The number of halogens is 1. The van der Waals surface area contributed by atoms with Crippen molar-refractivity contribution in [3.05, 3.63) is 95.8 Å². The Morgan fingerprint density at radius 1 is 1.09 bits per heavy atom. The summed E-state index contributed by atoms with van der Waals surface area (Å²) in [7, 11) is -4.10. The van der Waals surface area contributed by atoms with E-state index in [4.69, 9.17) is 16.3 Å². The summed E-state index contributed by atoms with van der Waals surface area (Å²) >= 11 is 7.00. The molecule has 1 fully saturated rings. The molecule has 10 heteroatoms. The highest BCUT2D eigenvalue weighted by atomic mass is 35.5. The summed E-state index contributed by atoms with van der Waals surface area (Å²) in [5.41, 5.74) is -0.244. The van der Waals surface area contributed by atoms with Gasteiger partial charge in [0, 0.05) is 27.6 Å². The number of para-hydroxylation sites is 1. The number of nitrogens with one attached hydrogen (secondary N) is 1. The highest BCUT2D eigenvalue weighted by Crippen LogP contribution is 2.55. The maximum absolute atomic E-state index is 13.2. The molecule has 7 nitrogen and oxygen atoms in total. The van der Waals surface area contributed by atoms with Crippen LogP contribution in [0.1, 0.15) is 17.9 Å². The predicted molar refractivity (Wildman–Crippen MR) is 134 cm³/mol. The molecule has 1 aliphatic carbocycles. The van der Waals surface area contributed by atoms with Gasteiger partial charge in [-0.3, -0.25) is 9.78 Å². The van der Waals surface area contributed by atoms with Crippen molar-refractivity contribution in [2.45, 2.75) is 22.1 Å². The number of nitrogens with zero attached hydrogens (tertiary/aromatic N) is 1. The van der Waals surface area contributed by atoms with Crippen molar-refractivity contribution in [3.8, 4) is 21.9 Å². The van der Waals surface area contributed by atoms with Gasteiger partial charge in [0.1, 0.15) is 21.2 Å². The Bertz CT molecular complexity index is 1490. The van der Waals surface area contributed by atoms with Crippen LogP contribution < -0.4 is 9.46 Å². The Balaban J connectivity index is 1.41. The van der Waals surface area contributed by atoms with Gasteiger partial charge in [0.05, 0.1) is 6.20 Å². The molecule has 2 N–H and O–H groups in total. The third kappa shape index (κ3) is 4.68. The molecular formula is C25H19ClN2O5S2. The number of sulfonamides is 1. The average molecular weight is 527 g/mol. The normalized spacial score (nSPS) is 19.3. The first-order valence-corrected chi connectivity index (χ1v) is 13.3. The van der Waals surface area contributed by atoms with Crippen LogP contribution >= 0.6 is 22.9 Å². The third-order valence-corrected chi connectivity index (χ3v) is 9.18. The van der Waals surface area contributed by atoms with E-state index in [-0.39, 0.29) is 10.6 Å². The minimum atomic E-state index is -4.10. The quantitative estimate of drug-likeness (QED) is 0.312. The van der Waals surface area contributed by atoms with E-state index < -0.39 is 27.4 Å². The van der Waals surface area contributed by atoms with Crippen molar-refractivity contribution in [3.63, 3.8) is 0 Å². The molecule has 2 heterocycles. The maximum atomic E-state index is 13.2. The summed E-state index contributed by atoms with van der Waals surface area (Å²) in [4.78, 5) is 17.1. The van der Waals surface area contributed by atoms with E-state index in [1.54, 1.807) is 79.1 Å². The fourth-order valence-electron chi connectivity index (χ4n) is 3.95. The third-order valence-electron chi connectivity index (χ3n) is 5.79. The lowest BCUT2D eigenvalue weighted by Crippen LogP contribution is -2.44. The molecule has 0 amide bonds. The minimum Gasteiger partial charge on any atom is -0.480 e. The molecule has 0 aliphatic heterocycles. The number of ether oxygens (including phenoxy) is 1. The molecule has 2 unspecified atom stereocenters. The van der Waals surface area contributed by atoms with Crippen LogP contribution in [0.25, 0.3) is 10.4 Å². The van der Waals surface area contributed by atoms with E-state index in [0.717, 1.165) is 21.8 Å². The molecule has 0 bridgehead atoms. The Morgan fingerprint density at radius 2 is 1.86 bits per heavy atom. The lowest BCUT2D eigenvalue weighted by molar-refractivity contribution is -0.140. The number of carbonyl (C=O) groups is 1. The van der Waals surface area contributed by atoms with E-state index in [0.29, 0.717) is 22.1 Å².